The van der Waals surface area contributed by atoms with E-state index in [0.717, 1.165) is 18.1 Å². The van der Waals surface area contributed by atoms with Crippen molar-refractivity contribution in [3.05, 3.63) is 0 Å². The molecular formula is C12H20OS. The quantitative estimate of drug-likeness (QED) is 0.699. The zero-order chi connectivity index (χ0) is 9.97. The number of rotatable bonds is 2. The molecule has 1 saturated carbocycles. The van der Waals surface area contributed by atoms with Crippen molar-refractivity contribution in [1.29, 1.82) is 0 Å². The van der Waals surface area contributed by atoms with Crippen molar-refractivity contribution in [3.8, 4) is 0 Å². The van der Waals surface area contributed by atoms with E-state index >= 15 is 0 Å². The third kappa shape index (κ3) is 2.33. The third-order valence-corrected chi connectivity index (χ3v) is 4.83. The molecule has 0 bridgehead atoms. The van der Waals surface area contributed by atoms with Gasteiger partial charge in [-0.1, -0.05) is 19.8 Å². The maximum Gasteiger partial charge on any atom is 0.139 e. The molecule has 0 N–H and O–H groups in total. The number of hydrogen-bond acceptors (Lipinski definition) is 2. The minimum absolute atomic E-state index is 0.412. The average Bonchev–Trinajstić information content (AvgIpc) is 2.69. The van der Waals surface area contributed by atoms with E-state index in [1.54, 1.807) is 0 Å². The SMILES string of the molecule is CC1CCCC(C(=O)C2CCSC2)C1. The maximum absolute atomic E-state index is 12.1. The Hall–Kier alpha value is 0.0200. The molecule has 1 nitrogen and oxygen atoms in total. The van der Waals surface area contributed by atoms with Crippen LogP contribution in [0, 0.1) is 17.8 Å². The lowest BCUT2D eigenvalue weighted by Gasteiger charge is -2.27. The summed E-state index contributed by atoms with van der Waals surface area (Å²) in [6.07, 6.45) is 6.10. The highest BCUT2D eigenvalue weighted by Crippen LogP contribution is 2.34. The highest BCUT2D eigenvalue weighted by Gasteiger charge is 2.31. The molecule has 0 spiro atoms. The summed E-state index contributed by atoms with van der Waals surface area (Å²) in [7, 11) is 0. The van der Waals surface area contributed by atoms with Crippen LogP contribution in [0.3, 0.4) is 0 Å². The second-order valence-corrected chi connectivity index (χ2v) is 6.08. The smallest absolute Gasteiger partial charge is 0.139 e. The second-order valence-electron chi connectivity index (χ2n) is 4.93. The van der Waals surface area contributed by atoms with Gasteiger partial charge in [-0.15, -0.1) is 0 Å². The summed E-state index contributed by atoms with van der Waals surface area (Å²) >= 11 is 1.95. The van der Waals surface area contributed by atoms with E-state index in [9.17, 15) is 4.79 Å². The minimum atomic E-state index is 0.412. The van der Waals surface area contributed by atoms with E-state index in [-0.39, 0.29) is 0 Å². The predicted octanol–water partition coefficient (Wildman–Crippen LogP) is 3.13. The van der Waals surface area contributed by atoms with Crippen molar-refractivity contribution in [2.45, 2.75) is 39.0 Å². The molecule has 0 aromatic carbocycles. The first-order chi connectivity index (χ1) is 6.77. The minimum Gasteiger partial charge on any atom is -0.299 e. The number of ketones is 1. The van der Waals surface area contributed by atoms with Crippen LogP contribution in [0.5, 0.6) is 0 Å². The topological polar surface area (TPSA) is 17.1 Å². The number of Topliss-reactive ketones (excluding diaryl/α,β-unsaturated/α-hetero) is 1. The summed E-state index contributed by atoms with van der Waals surface area (Å²) in [6.45, 7) is 2.29. The Kier molecular flexibility index (Phi) is 3.53. The average molecular weight is 212 g/mol. The van der Waals surface area contributed by atoms with Gasteiger partial charge in [-0.3, -0.25) is 4.79 Å². The lowest BCUT2D eigenvalue weighted by atomic mass is 9.77. The van der Waals surface area contributed by atoms with Crippen molar-refractivity contribution in [2.24, 2.45) is 17.8 Å². The van der Waals surface area contributed by atoms with E-state index in [2.05, 4.69) is 6.92 Å². The molecule has 0 aromatic rings. The molecule has 0 aromatic heterocycles. The Bertz CT molecular complexity index is 208. The fourth-order valence-electron chi connectivity index (χ4n) is 2.78. The first kappa shape index (κ1) is 10.5. The Morgan fingerprint density at radius 1 is 1.21 bits per heavy atom. The molecule has 1 saturated heterocycles. The molecular weight excluding hydrogens is 192 g/mol. The molecule has 14 heavy (non-hydrogen) atoms. The van der Waals surface area contributed by atoms with E-state index in [4.69, 9.17) is 0 Å². The molecule has 2 heteroatoms. The first-order valence-corrected chi connectivity index (χ1v) is 7.04. The van der Waals surface area contributed by atoms with E-state index in [0.29, 0.717) is 17.6 Å². The fourth-order valence-corrected chi connectivity index (χ4v) is 4.02. The zero-order valence-electron chi connectivity index (χ0n) is 9.00. The number of carbonyl (C=O) groups excluding carboxylic acids is 1. The van der Waals surface area contributed by atoms with Crippen molar-refractivity contribution < 1.29 is 4.79 Å². The van der Waals surface area contributed by atoms with Gasteiger partial charge >= 0.3 is 0 Å². The summed E-state index contributed by atoms with van der Waals surface area (Å²) < 4.78 is 0. The summed E-state index contributed by atoms with van der Waals surface area (Å²) in [6, 6.07) is 0. The predicted molar refractivity (Wildman–Crippen MR) is 61.6 cm³/mol. The monoisotopic (exact) mass is 212 g/mol. The van der Waals surface area contributed by atoms with Crippen LogP contribution in [0.1, 0.15) is 39.0 Å². The van der Waals surface area contributed by atoms with Gasteiger partial charge in [0.15, 0.2) is 0 Å². The summed E-state index contributed by atoms with van der Waals surface area (Å²) in [5, 5.41) is 0. The summed E-state index contributed by atoms with van der Waals surface area (Å²) in [4.78, 5) is 12.1. The van der Waals surface area contributed by atoms with Gasteiger partial charge in [-0.25, -0.2) is 0 Å². The molecule has 2 rings (SSSR count). The van der Waals surface area contributed by atoms with Gasteiger partial charge in [0.1, 0.15) is 5.78 Å². The van der Waals surface area contributed by atoms with Gasteiger partial charge in [-0.2, -0.15) is 11.8 Å². The van der Waals surface area contributed by atoms with Crippen LogP contribution in [-0.2, 0) is 4.79 Å². The number of hydrogen-bond donors (Lipinski definition) is 0. The van der Waals surface area contributed by atoms with Crippen LogP contribution in [0.2, 0.25) is 0 Å². The lowest BCUT2D eigenvalue weighted by Crippen LogP contribution is -2.27. The summed E-state index contributed by atoms with van der Waals surface area (Å²) in [5.74, 6) is 4.52. The Labute approximate surface area is 91.0 Å². The first-order valence-electron chi connectivity index (χ1n) is 5.89. The molecule has 0 amide bonds. The highest BCUT2D eigenvalue weighted by molar-refractivity contribution is 7.99. The standard InChI is InChI=1S/C12H20OS/c1-9-3-2-4-10(7-9)12(13)11-5-6-14-8-11/h9-11H,2-8H2,1H3. The van der Waals surface area contributed by atoms with Crippen molar-refractivity contribution in [3.63, 3.8) is 0 Å². The Balaban J connectivity index is 1.89. The molecule has 3 unspecified atom stereocenters. The van der Waals surface area contributed by atoms with E-state index < -0.39 is 0 Å². The van der Waals surface area contributed by atoms with Crippen molar-refractivity contribution >= 4 is 17.5 Å². The molecule has 1 heterocycles. The molecule has 0 radical (unpaired) electrons. The molecule has 1 aliphatic heterocycles. The van der Waals surface area contributed by atoms with Crippen LogP contribution in [0.25, 0.3) is 0 Å². The number of carbonyl (C=O) groups is 1. The van der Waals surface area contributed by atoms with Gasteiger partial charge in [-0.05, 0) is 30.9 Å². The Morgan fingerprint density at radius 3 is 2.71 bits per heavy atom. The van der Waals surface area contributed by atoms with Gasteiger partial charge in [0.25, 0.3) is 0 Å². The van der Waals surface area contributed by atoms with Gasteiger partial charge in [0, 0.05) is 17.6 Å². The highest BCUT2D eigenvalue weighted by atomic mass is 32.2. The summed E-state index contributed by atoms with van der Waals surface area (Å²) in [5.41, 5.74) is 0. The van der Waals surface area contributed by atoms with Crippen LogP contribution in [-0.4, -0.2) is 17.3 Å². The Morgan fingerprint density at radius 2 is 2.07 bits per heavy atom. The number of thioether (sulfide) groups is 1. The van der Waals surface area contributed by atoms with Crippen LogP contribution in [0.4, 0.5) is 0 Å². The maximum atomic E-state index is 12.1. The molecule has 3 atom stereocenters. The second kappa shape index (κ2) is 4.69. The van der Waals surface area contributed by atoms with Crippen LogP contribution >= 0.6 is 11.8 Å². The molecule has 2 fully saturated rings. The lowest BCUT2D eigenvalue weighted by molar-refractivity contribution is -0.127. The zero-order valence-corrected chi connectivity index (χ0v) is 9.81. The van der Waals surface area contributed by atoms with E-state index in [1.165, 1.54) is 31.4 Å². The van der Waals surface area contributed by atoms with E-state index in [1.807, 2.05) is 11.8 Å². The normalized spacial score (nSPS) is 38.5. The van der Waals surface area contributed by atoms with Crippen LogP contribution in [0.15, 0.2) is 0 Å². The molecule has 2 aliphatic rings. The molecule has 80 valence electrons. The van der Waals surface area contributed by atoms with Crippen molar-refractivity contribution in [2.75, 3.05) is 11.5 Å². The van der Waals surface area contributed by atoms with Gasteiger partial charge in [0.2, 0.25) is 0 Å². The van der Waals surface area contributed by atoms with Crippen molar-refractivity contribution in [1.82, 2.24) is 0 Å². The van der Waals surface area contributed by atoms with Gasteiger partial charge in [0.05, 0.1) is 0 Å². The fraction of sp³-hybridized carbons (Fsp3) is 0.917. The largest absolute Gasteiger partial charge is 0.299 e. The molecule has 1 aliphatic carbocycles. The van der Waals surface area contributed by atoms with Crippen LogP contribution < -0.4 is 0 Å². The van der Waals surface area contributed by atoms with Gasteiger partial charge < -0.3 is 0 Å². The third-order valence-electron chi connectivity index (χ3n) is 3.67.